The van der Waals surface area contributed by atoms with Crippen molar-refractivity contribution in [2.24, 2.45) is 4.99 Å². The Labute approximate surface area is 188 Å². The van der Waals surface area contributed by atoms with E-state index >= 15 is 0 Å². The average Bonchev–Trinajstić information content (AvgIpc) is 2.94. The van der Waals surface area contributed by atoms with Gasteiger partial charge in [-0.05, 0) is 19.8 Å². The van der Waals surface area contributed by atoms with Crippen LogP contribution in [-0.2, 0) is 9.53 Å². The molecule has 0 bridgehead atoms. The first kappa shape index (κ1) is 25.4. The topological polar surface area (TPSA) is 69.2 Å². The van der Waals surface area contributed by atoms with E-state index in [1.54, 1.807) is 6.92 Å². The third-order valence-corrected chi connectivity index (χ3v) is 5.40. The summed E-state index contributed by atoms with van der Waals surface area (Å²) >= 11 is 0. The third-order valence-electron chi connectivity index (χ3n) is 5.40. The van der Waals surface area contributed by atoms with Crippen molar-refractivity contribution in [2.75, 3.05) is 59.0 Å². The van der Waals surface area contributed by atoms with Crippen LogP contribution in [-0.4, -0.2) is 86.7 Å². The number of ether oxygens (including phenoxy) is 1. The molecular formula is C20H40IN5O2. The normalized spacial score (nSPS) is 19.6. The molecule has 28 heavy (non-hydrogen) atoms. The van der Waals surface area contributed by atoms with Crippen molar-refractivity contribution in [3.63, 3.8) is 0 Å². The monoisotopic (exact) mass is 509 g/mol. The number of rotatable bonds is 8. The van der Waals surface area contributed by atoms with Gasteiger partial charge in [0.25, 0.3) is 0 Å². The number of halogens is 1. The Morgan fingerprint density at radius 1 is 1.07 bits per heavy atom. The van der Waals surface area contributed by atoms with E-state index in [2.05, 4.69) is 27.4 Å². The second-order valence-corrected chi connectivity index (χ2v) is 7.52. The predicted molar refractivity (Wildman–Crippen MR) is 126 cm³/mol. The van der Waals surface area contributed by atoms with E-state index in [0.717, 1.165) is 64.9 Å². The first-order chi connectivity index (χ1) is 13.2. The summed E-state index contributed by atoms with van der Waals surface area (Å²) in [5.41, 5.74) is 0. The highest BCUT2D eigenvalue weighted by Gasteiger charge is 2.17. The van der Waals surface area contributed by atoms with Crippen LogP contribution in [0.15, 0.2) is 4.99 Å². The van der Waals surface area contributed by atoms with Gasteiger partial charge in [0, 0.05) is 52.7 Å². The lowest BCUT2D eigenvalue weighted by molar-refractivity contribution is -0.130. The fourth-order valence-electron chi connectivity index (χ4n) is 3.73. The van der Waals surface area contributed by atoms with E-state index in [1.165, 1.54) is 38.5 Å². The Kier molecular flexibility index (Phi) is 13.9. The number of carbonyl (C=O) groups excluding carboxylic acids is 1. The molecule has 0 aromatic carbocycles. The molecule has 0 atom stereocenters. The summed E-state index contributed by atoms with van der Waals surface area (Å²) < 4.78 is 6.03. The van der Waals surface area contributed by atoms with Gasteiger partial charge in [0.1, 0.15) is 0 Å². The summed E-state index contributed by atoms with van der Waals surface area (Å²) in [7, 11) is 0. The molecule has 7 nitrogen and oxygen atoms in total. The molecule has 0 aromatic rings. The summed E-state index contributed by atoms with van der Waals surface area (Å²) in [5, 5.41) is 6.68. The minimum Gasteiger partial charge on any atom is -0.376 e. The summed E-state index contributed by atoms with van der Waals surface area (Å²) in [6.45, 7) is 11.3. The van der Waals surface area contributed by atoms with Gasteiger partial charge in [0.15, 0.2) is 5.96 Å². The van der Waals surface area contributed by atoms with E-state index in [9.17, 15) is 4.79 Å². The molecule has 0 unspecified atom stereocenters. The fraction of sp³-hybridized carbons (Fsp3) is 0.900. The zero-order valence-electron chi connectivity index (χ0n) is 17.8. The second-order valence-electron chi connectivity index (χ2n) is 7.52. The Morgan fingerprint density at radius 3 is 2.36 bits per heavy atom. The lowest BCUT2D eigenvalue weighted by Gasteiger charge is -2.33. The Balaban J connectivity index is 0.00000392. The standard InChI is InChI=1S/C20H39N5O2.HI/c1-3-21-20(23-11-17-27-19-8-6-4-5-7-9-19)22-10-12-24-13-15-25(16-14-24)18(2)26;/h19H,3-17H2,1-2H3,(H2,21,22,23);1H. The van der Waals surface area contributed by atoms with Crippen LogP contribution in [0.2, 0.25) is 0 Å². The molecule has 1 saturated carbocycles. The maximum absolute atomic E-state index is 11.4. The highest BCUT2D eigenvalue weighted by molar-refractivity contribution is 14.0. The first-order valence-electron chi connectivity index (χ1n) is 10.8. The van der Waals surface area contributed by atoms with Crippen molar-refractivity contribution in [2.45, 2.75) is 58.5 Å². The molecule has 8 heteroatoms. The van der Waals surface area contributed by atoms with Crippen molar-refractivity contribution < 1.29 is 9.53 Å². The van der Waals surface area contributed by atoms with Crippen molar-refractivity contribution in [3.8, 4) is 0 Å². The smallest absolute Gasteiger partial charge is 0.219 e. The molecule has 0 spiro atoms. The number of carbonyl (C=O) groups is 1. The summed E-state index contributed by atoms with van der Waals surface area (Å²) in [4.78, 5) is 20.4. The van der Waals surface area contributed by atoms with Gasteiger partial charge < -0.3 is 20.3 Å². The number of amides is 1. The first-order valence-corrected chi connectivity index (χ1v) is 10.8. The molecule has 2 N–H and O–H groups in total. The quantitative estimate of drug-likeness (QED) is 0.172. The minimum absolute atomic E-state index is 0. The molecule has 2 rings (SSSR count). The Hall–Kier alpha value is -0.610. The molecule has 164 valence electrons. The van der Waals surface area contributed by atoms with Gasteiger partial charge in [-0.3, -0.25) is 14.7 Å². The fourth-order valence-corrected chi connectivity index (χ4v) is 3.73. The SMILES string of the molecule is CCNC(=NCCN1CCN(C(C)=O)CC1)NCCOC1CCCCCC1.I. The largest absolute Gasteiger partial charge is 0.376 e. The molecule has 1 saturated heterocycles. The molecule has 0 aromatic heterocycles. The van der Waals surface area contributed by atoms with E-state index in [0.29, 0.717) is 6.10 Å². The summed E-state index contributed by atoms with van der Waals surface area (Å²) in [5.74, 6) is 1.04. The molecule has 2 aliphatic rings. The Morgan fingerprint density at radius 2 is 1.75 bits per heavy atom. The van der Waals surface area contributed by atoms with Crippen molar-refractivity contribution in [1.29, 1.82) is 0 Å². The van der Waals surface area contributed by atoms with Crippen LogP contribution in [0.25, 0.3) is 0 Å². The number of hydrogen-bond acceptors (Lipinski definition) is 4. The Bertz CT molecular complexity index is 448. The van der Waals surface area contributed by atoms with E-state index in [-0.39, 0.29) is 29.9 Å². The molecule has 1 aliphatic heterocycles. The van der Waals surface area contributed by atoms with Gasteiger partial charge in [-0.2, -0.15) is 0 Å². The number of nitrogens with zero attached hydrogens (tertiary/aromatic N) is 3. The van der Waals surface area contributed by atoms with Crippen LogP contribution < -0.4 is 10.6 Å². The number of hydrogen-bond donors (Lipinski definition) is 2. The van der Waals surface area contributed by atoms with Crippen molar-refractivity contribution in [1.82, 2.24) is 20.4 Å². The van der Waals surface area contributed by atoms with Gasteiger partial charge in [-0.15, -0.1) is 24.0 Å². The molecule has 1 amide bonds. The van der Waals surface area contributed by atoms with Crippen LogP contribution in [0.5, 0.6) is 0 Å². The van der Waals surface area contributed by atoms with Crippen molar-refractivity contribution in [3.05, 3.63) is 0 Å². The molecular weight excluding hydrogens is 469 g/mol. The van der Waals surface area contributed by atoms with Gasteiger partial charge in [-0.1, -0.05) is 25.7 Å². The van der Waals surface area contributed by atoms with Crippen LogP contribution in [0.3, 0.4) is 0 Å². The van der Waals surface area contributed by atoms with Gasteiger partial charge >= 0.3 is 0 Å². The lowest BCUT2D eigenvalue weighted by Crippen LogP contribution is -2.48. The lowest BCUT2D eigenvalue weighted by atomic mass is 10.1. The van der Waals surface area contributed by atoms with Crippen LogP contribution in [0, 0.1) is 0 Å². The zero-order chi connectivity index (χ0) is 19.3. The zero-order valence-corrected chi connectivity index (χ0v) is 20.1. The van der Waals surface area contributed by atoms with E-state index in [1.807, 2.05) is 4.90 Å². The third kappa shape index (κ3) is 10.2. The van der Waals surface area contributed by atoms with Crippen molar-refractivity contribution >= 4 is 35.8 Å². The predicted octanol–water partition coefficient (Wildman–Crippen LogP) is 2.06. The van der Waals surface area contributed by atoms with Crippen LogP contribution >= 0.6 is 24.0 Å². The molecule has 0 radical (unpaired) electrons. The number of guanidine groups is 1. The summed E-state index contributed by atoms with van der Waals surface area (Å²) in [6.07, 6.45) is 8.21. The van der Waals surface area contributed by atoms with E-state index < -0.39 is 0 Å². The maximum Gasteiger partial charge on any atom is 0.219 e. The van der Waals surface area contributed by atoms with Crippen LogP contribution in [0.1, 0.15) is 52.4 Å². The highest BCUT2D eigenvalue weighted by Crippen LogP contribution is 2.19. The number of nitrogens with one attached hydrogen (secondary N) is 2. The van der Waals surface area contributed by atoms with Crippen LogP contribution in [0.4, 0.5) is 0 Å². The number of piperazine rings is 1. The second kappa shape index (κ2) is 15.3. The molecule has 1 heterocycles. The van der Waals surface area contributed by atoms with Gasteiger partial charge in [0.05, 0.1) is 19.3 Å². The van der Waals surface area contributed by atoms with Gasteiger partial charge in [-0.25, -0.2) is 0 Å². The minimum atomic E-state index is 0. The van der Waals surface area contributed by atoms with Gasteiger partial charge in [0.2, 0.25) is 5.91 Å². The maximum atomic E-state index is 11.4. The average molecular weight is 509 g/mol. The molecule has 2 fully saturated rings. The number of aliphatic imine (C=N–C) groups is 1. The summed E-state index contributed by atoms with van der Waals surface area (Å²) in [6, 6.07) is 0. The van der Waals surface area contributed by atoms with E-state index in [4.69, 9.17) is 4.74 Å². The molecule has 1 aliphatic carbocycles. The highest BCUT2D eigenvalue weighted by atomic mass is 127.